The van der Waals surface area contributed by atoms with E-state index in [1.54, 1.807) is 12.3 Å². The first-order chi connectivity index (χ1) is 9.43. The molecule has 0 aliphatic rings. The van der Waals surface area contributed by atoms with Gasteiger partial charge in [0, 0.05) is 40.6 Å². The smallest absolute Gasteiger partial charge is 0.270 e. The van der Waals surface area contributed by atoms with Crippen molar-refractivity contribution in [2.45, 2.75) is 19.4 Å². The van der Waals surface area contributed by atoms with Gasteiger partial charge in [-0.05, 0) is 25.5 Å². The van der Waals surface area contributed by atoms with Crippen molar-refractivity contribution in [3.63, 3.8) is 0 Å². The van der Waals surface area contributed by atoms with Gasteiger partial charge in [-0.25, -0.2) is 0 Å². The van der Waals surface area contributed by atoms with E-state index in [9.17, 15) is 9.00 Å². The molecule has 4 N–H and O–H groups in total. The molecule has 0 saturated heterocycles. The Kier molecular flexibility index (Phi) is 6.10. The van der Waals surface area contributed by atoms with Gasteiger partial charge in [0.2, 0.25) is 0 Å². The lowest BCUT2D eigenvalue weighted by Gasteiger charge is -2.12. The minimum Gasteiger partial charge on any atom is -0.409 e. The summed E-state index contributed by atoms with van der Waals surface area (Å²) in [4.78, 5) is 15.8. The van der Waals surface area contributed by atoms with Crippen molar-refractivity contribution in [1.29, 1.82) is 0 Å². The molecule has 7 nitrogen and oxygen atoms in total. The zero-order valence-corrected chi connectivity index (χ0v) is 12.2. The molecule has 8 heteroatoms. The van der Waals surface area contributed by atoms with Gasteiger partial charge in [-0.2, -0.15) is 0 Å². The molecule has 0 saturated carbocycles. The normalized spacial score (nSPS) is 14.6. The number of rotatable bonds is 6. The zero-order valence-electron chi connectivity index (χ0n) is 11.4. The fraction of sp³-hybridized carbons (Fsp3) is 0.417. The van der Waals surface area contributed by atoms with Crippen molar-refractivity contribution in [3.05, 3.63) is 29.6 Å². The molecular weight excluding hydrogens is 280 g/mol. The molecule has 1 rings (SSSR count). The van der Waals surface area contributed by atoms with E-state index in [1.165, 1.54) is 12.3 Å². The van der Waals surface area contributed by atoms with E-state index in [2.05, 4.69) is 15.5 Å². The van der Waals surface area contributed by atoms with Crippen molar-refractivity contribution < 1.29 is 14.2 Å². The number of amidine groups is 1. The Hall–Kier alpha value is -1.96. The number of hydrogen-bond acceptors (Lipinski definition) is 5. The number of aromatic nitrogens is 1. The molecule has 0 aliphatic carbocycles. The lowest BCUT2D eigenvalue weighted by molar-refractivity contribution is 0.0934. The number of carbonyl (C=O) groups is 1. The predicted octanol–water partition coefficient (Wildman–Crippen LogP) is 0.0630. The first-order valence-electron chi connectivity index (χ1n) is 5.99. The van der Waals surface area contributed by atoms with Gasteiger partial charge in [0.15, 0.2) is 5.84 Å². The number of carbonyl (C=O) groups excluding carboxylic acids is 1. The van der Waals surface area contributed by atoms with Crippen LogP contribution in [0.4, 0.5) is 0 Å². The Morgan fingerprint density at radius 2 is 2.30 bits per heavy atom. The van der Waals surface area contributed by atoms with Gasteiger partial charge in [0.25, 0.3) is 5.91 Å². The fourth-order valence-electron chi connectivity index (χ4n) is 1.45. The predicted molar refractivity (Wildman–Crippen MR) is 77.2 cm³/mol. The van der Waals surface area contributed by atoms with Gasteiger partial charge in [0.05, 0.1) is 0 Å². The molecule has 110 valence electrons. The molecule has 1 heterocycles. The highest BCUT2D eigenvalue weighted by Gasteiger charge is 2.12. The van der Waals surface area contributed by atoms with Crippen LogP contribution in [0.2, 0.25) is 0 Å². The SMILES string of the molecule is CC(CCS(C)=O)NC(=O)c1ccc(/C(N)=N/O)cn1. The Labute approximate surface area is 119 Å². The Morgan fingerprint density at radius 3 is 2.80 bits per heavy atom. The maximum Gasteiger partial charge on any atom is 0.270 e. The van der Waals surface area contributed by atoms with E-state index in [0.717, 1.165) is 0 Å². The van der Waals surface area contributed by atoms with Gasteiger partial charge >= 0.3 is 0 Å². The molecule has 0 bridgehead atoms. The summed E-state index contributed by atoms with van der Waals surface area (Å²) in [6.07, 6.45) is 3.62. The van der Waals surface area contributed by atoms with E-state index in [-0.39, 0.29) is 23.5 Å². The topological polar surface area (TPSA) is 118 Å². The molecule has 0 fully saturated rings. The van der Waals surface area contributed by atoms with Crippen LogP contribution in [-0.4, -0.2) is 44.2 Å². The summed E-state index contributed by atoms with van der Waals surface area (Å²) in [5.74, 6) is 0.158. The molecule has 1 aromatic heterocycles. The second-order valence-electron chi connectivity index (χ2n) is 4.36. The van der Waals surface area contributed by atoms with Crippen LogP contribution in [0.1, 0.15) is 29.4 Å². The first-order valence-corrected chi connectivity index (χ1v) is 7.71. The van der Waals surface area contributed by atoms with Crippen molar-refractivity contribution in [2.75, 3.05) is 12.0 Å². The molecule has 0 aliphatic heterocycles. The molecule has 0 aromatic carbocycles. The Morgan fingerprint density at radius 1 is 1.60 bits per heavy atom. The molecule has 0 spiro atoms. The van der Waals surface area contributed by atoms with Crippen LogP contribution in [0.5, 0.6) is 0 Å². The molecule has 1 aromatic rings. The number of amides is 1. The van der Waals surface area contributed by atoms with Gasteiger partial charge in [0.1, 0.15) is 5.69 Å². The minimum absolute atomic E-state index is 0.0664. The number of oxime groups is 1. The highest BCUT2D eigenvalue weighted by Crippen LogP contribution is 2.02. The number of nitrogens with one attached hydrogen (secondary N) is 1. The van der Waals surface area contributed by atoms with Crippen LogP contribution in [0, 0.1) is 0 Å². The quantitative estimate of drug-likeness (QED) is 0.297. The van der Waals surface area contributed by atoms with Gasteiger partial charge < -0.3 is 16.3 Å². The first kappa shape index (κ1) is 16.1. The third-order valence-electron chi connectivity index (χ3n) is 2.62. The highest BCUT2D eigenvalue weighted by molar-refractivity contribution is 7.84. The van der Waals surface area contributed by atoms with Gasteiger partial charge in [-0.1, -0.05) is 5.16 Å². The van der Waals surface area contributed by atoms with Crippen LogP contribution in [-0.2, 0) is 10.8 Å². The molecule has 2 unspecified atom stereocenters. The number of pyridine rings is 1. The standard InChI is InChI=1S/C12H18N4O3S/c1-8(5-6-20(2)19)15-12(17)10-4-3-9(7-14-10)11(13)16-18/h3-4,7-8,18H,5-6H2,1-2H3,(H2,13,16)(H,15,17). The average Bonchev–Trinajstić information content (AvgIpc) is 2.44. The fourth-order valence-corrected chi connectivity index (χ4v) is 2.14. The number of nitrogens with two attached hydrogens (primary N) is 1. The largest absolute Gasteiger partial charge is 0.409 e. The van der Waals surface area contributed by atoms with E-state index < -0.39 is 10.8 Å². The van der Waals surface area contributed by atoms with E-state index in [1.807, 2.05) is 6.92 Å². The highest BCUT2D eigenvalue weighted by atomic mass is 32.2. The maximum atomic E-state index is 11.9. The summed E-state index contributed by atoms with van der Waals surface area (Å²) in [6.45, 7) is 1.84. The summed E-state index contributed by atoms with van der Waals surface area (Å²) >= 11 is 0. The lowest BCUT2D eigenvalue weighted by Crippen LogP contribution is -2.34. The van der Waals surface area contributed by atoms with Crippen LogP contribution >= 0.6 is 0 Å². The van der Waals surface area contributed by atoms with Crippen LogP contribution in [0.3, 0.4) is 0 Å². The van der Waals surface area contributed by atoms with Gasteiger partial charge in [-0.3, -0.25) is 14.0 Å². The van der Waals surface area contributed by atoms with Crippen molar-refractivity contribution in [3.8, 4) is 0 Å². The van der Waals surface area contributed by atoms with E-state index in [0.29, 0.717) is 17.7 Å². The third-order valence-corrected chi connectivity index (χ3v) is 3.43. The third kappa shape index (κ3) is 4.96. The van der Waals surface area contributed by atoms with Crippen molar-refractivity contribution in [2.24, 2.45) is 10.9 Å². The summed E-state index contributed by atoms with van der Waals surface area (Å²) in [6, 6.07) is 2.95. The van der Waals surface area contributed by atoms with Crippen LogP contribution in [0.15, 0.2) is 23.5 Å². The molecular formula is C12H18N4O3S. The Bertz CT molecular complexity index is 516. The second-order valence-corrected chi connectivity index (χ2v) is 5.91. The summed E-state index contributed by atoms with van der Waals surface area (Å²) in [7, 11) is -0.873. The van der Waals surface area contributed by atoms with Gasteiger partial charge in [-0.15, -0.1) is 0 Å². The van der Waals surface area contributed by atoms with E-state index in [4.69, 9.17) is 10.9 Å². The molecule has 1 amide bonds. The monoisotopic (exact) mass is 298 g/mol. The van der Waals surface area contributed by atoms with Crippen molar-refractivity contribution >= 4 is 22.5 Å². The minimum atomic E-state index is -0.873. The summed E-state index contributed by atoms with van der Waals surface area (Å²) in [5, 5.41) is 14.1. The molecule has 20 heavy (non-hydrogen) atoms. The van der Waals surface area contributed by atoms with E-state index >= 15 is 0 Å². The molecule has 0 radical (unpaired) electrons. The van der Waals surface area contributed by atoms with Crippen LogP contribution in [0.25, 0.3) is 0 Å². The Balaban J connectivity index is 2.62. The lowest BCUT2D eigenvalue weighted by atomic mass is 10.2. The number of nitrogens with zero attached hydrogens (tertiary/aromatic N) is 2. The number of hydrogen-bond donors (Lipinski definition) is 3. The summed E-state index contributed by atoms with van der Waals surface area (Å²) < 4.78 is 11.0. The zero-order chi connectivity index (χ0) is 15.1. The summed E-state index contributed by atoms with van der Waals surface area (Å²) in [5.41, 5.74) is 6.07. The van der Waals surface area contributed by atoms with Crippen molar-refractivity contribution in [1.82, 2.24) is 10.3 Å². The maximum absolute atomic E-state index is 11.9. The molecule has 2 atom stereocenters. The van der Waals surface area contributed by atoms with Crippen LogP contribution < -0.4 is 11.1 Å². The second kappa shape index (κ2) is 7.59. The average molecular weight is 298 g/mol.